The number of hydrogen-bond acceptors (Lipinski definition) is 4. The fourth-order valence-corrected chi connectivity index (χ4v) is 3.56. The normalized spacial score (nSPS) is 23.9. The first kappa shape index (κ1) is 11.5. The van der Waals surface area contributed by atoms with Crippen molar-refractivity contribution in [2.45, 2.75) is 32.6 Å². The molecule has 1 aliphatic carbocycles. The van der Waals surface area contributed by atoms with Gasteiger partial charge in [-0.1, -0.05) is 13.8 Å². The predicted octanol–water partition coefficient (Wildman–Crippen LogP) is 2.80. The molecule has 0 radical (unpaired) electrons. The van der Waals surface area contributed by atoms with Crippen molar-refractivity contribution in [2.75, 3.05) is 12.8 Å². The number of hydrogen-bond donors (Lipinski definition) is 1. The second kappa shape index (κ2) is 4.09. The van der Waals surface area contributed by atoms with Crippen LogP contribution in [0.25, 0.3) is 0 Å². The molecule has 0 fully saturated rings. The quantitative estimate of drug-likeness (QED) is 0.767. The molecule has 3 nitrogen and oxygen atoms in total. The van der Waals surface area contributed by atoms with E-state index in [1.807, 2.05) is 0 Å². The minimum atomic E-state index is -0.295. The summed E-state index contributed by atoms with van der Waals surface area (Å²) < 4.78 is 4.81. The molecule has 1 aromatic heterocycles. The van der Waals surface area contributed by atoms with Crippen LogP contribution < -0.4 is 5.73 Å². The minimum absolute atomic E-state index is 0.295. The number of nitrogens with two attached hydrogens (primary N) is 1. The van der Waals surface area contributed by atoms with Gasteiger partial charge in [0.2, 0.25) is 0 Å². The van der Waals surface area contributed by atoms with Crippen molar-refractivity contribution in [3.05, 3.63) is 16.0 Å². The summed E-state index contributed by atoms with van der Waals surface area (Å²) in [7, 11) is 1.41. The maximum absolute atomic E-state index is 11.7. The number of nitrogen functional groups attached to an aromatic ring is 1. The van der Waals surface area contributed by atoms with Gasteiger partial charge < -0.3 is 10.5 Å². The Balaban J connectivity index is 2.54. The summed E-state index contributed by atoms with van der Waals surface area (Å²) in [5.41, 5.74) is 7.67. The van der Waals surface area contributed by atoms with E-state index in [1.54, 1.807) is 11.3 Å². The number of anilines is 1. The lowest BCUT2D eigenvalue weighted by molar-refractivity contribution is 0.0600. The van der Waals surface area contributed by atoms with Crippen molar-refractivity contribution in [3.63, 3.8) is 0 Å². The van der Waals surface area contributed by atoms with Crippen molar-refractivity contribution in [1.82, 2.24) is 0 Å². The van der Waals surface area contributed by atoms with Gasteiger partial charge in [0.1, 0.15) is 5.00 Å². The Morgan fingerprint density at radius 3 is 2.81 bits per heavy atom. The average Bonchev–Trinajstić information content (AvgIpc) is 2.60. The van der Waals surface area contributed by atoms with E-state index >= 15 is 0 Å². The molecule has 1 heterocycles. The van der Waals surface area contributed by atoms with E-state index < -0.39 is 0 Å². The van der Waals surface area contributed by atoms with E-state index in [4.69, 9.17) is 10.5 Å². The van der Waals surface area contributed by atoms with Gasteiger partial charge in [0, 0.05) is 4.88 Å². The standard InChI is InChI=1S/C12H17NO2S/c1-6-4-5-8-9(7(6)2)10(11(13)16-8)12(14)15-3/h6-7H,4-5,13H2,1-3H3/t6-,7+/m0/s1. The number of esters is 1. The first-order valence-electron chi connectivity index (χ1n) is 5.55. The number of fused-ring (bicyclic) bond motifs is 1. The van der Waals surface area contributed by atoms with E-state index in [1.165, 1.54) is 18.4 Å². The topological polar surface area (TPSA) is 52.3 Å². The Morgan fingerprint density at radius 1 is 1.50 bits per heavy atom. The van der Waals surface area contributed by atoms with Crippen molar-refractivity contribution in [3.8, 4) is 0 Å². The summed E-state index contributed by atoms with van der Waals surface area (Å²) in [6.07, 6.45) is 2.21. The number of carbonyl (C=O) groups is 1. The summed E-state index contributed by atoms with van der Waals surface area (Å²) in [5, 5.41) is 0.609. The van der Waals surface area contributed by atoms with Crippen LogP contribution >= 0.6 is 11.3 Å². The fourth-order valence-electron chi connectivity index (χ4n) is 2.38. The molecule has 0 aliphatic heterocycles. The average molecular weight is 239 g/mol. The summed E-state index contributed by atoms with van der Waals surface area (Å²) >= 11 is 1.54. The molecule has 88 valence electrons. The number of aryl methyl sites for hydroxylation is 1. The monoisotopic (exact) mass is 239 g/mol. The van der Waals surface area contributed by atoms with Crippen LogP contribution in [0.1, 0.15) is 47.0 Å². The van der Waals surface area contributed by atoms with Gasteiger partial charge in [0.05, 0.1) is 12.7 Å². The van der Waals surface area contributed by atoms with Gasteiger partial charge in [-0.25, -0.2) is 4.79 Å². The largest absolute Gasteiger partial charge is 0.465 e. The summed E-state index contributed by atoms with van der Waals surface area (Å²) in [4.78, 5) is 13.0. The highest BCUT2D eigenvalue weighted by molar-refractivity contribution is 7.16. The molecular formula is C12H17NO2S. The molecule has 4 heteroatoms. The van der Waals surface area contributed by atoms with Crippen molar-refractivity contribution < 1.29 is 9.53 Å². The molecule has 0 spiro atoms. The Labute approximate surface area is 99.6 Å². The second-order valence-electron chi connectivity index (χ2n) is 4.47. The Kier molecular flexibility index (Phi) is 2.93. The van der Waals surface area contributed by atoms with E-state index in [-0.39, 0.29) is 5.97 Å². The summed E-state index contributed by atoms with van der Waals surface area (Å²) in [5.74, 6) is 0.701. The molecule has 2 rings (SSSR count). The highest BCUT2D eigenvalue weighted by Crippen LogP contribution is 2.44. The van der Waals surface area contributed by atoms with Gasteiger partial charge in [-0.3, -0.25) is 0 Å². The molecule has 0 saturated carbocycles. The zero-order valence-electron chi connectivity index (χ0n) is 9.87. The molecule has 1 aromatic rings. The van der Waals surface area contributed by atoms with Crippen LogP contribution in [-0.4, -0.2) is 13.1 Å². The lowest BCUT2D eigenvalue weighted by Crippen LogP contribution is -2.17. The smallest absolute Gasteiger partial charge is 0.341 e. The maximum Gasteiger partial charge on any atom is 0.341 e. The number of rotatable bonds is 1. The highest BCUT2D eigenvalue weighted by Gasteiger charge is 2.32. The lowest BCUT2D eigenvalue weighted by Gasteiger charge is -2.26. The Hall–Kier alpha value is -1.03. The van der Waals surface area contributed by atoms with E-state index in [0.29, 0.717) is 22.4 Å². The SMILES string of the molecule is COC(=O)c1c(N)sc2c1[C@H](C)[C@@H](C)CC2. The van der Waals surface area contributed by atoms with E-state index in [0.717, 1.165) is 12.0 Å². The molecule has 2 N–H and O–H groups in total. The Morgan fingerprint density at radius 2 is 2.19 bits per heavy atom. The van der Waals surface area contributed by atoms with E-state index in [2.05, 4.69) is 13.8 Å². The second-order valence-corrected chi connectivity index (χ2v) is 5.61. The Bertz CT molecular complexity index is 425. The van der Waals surface area contributed by atoms with Crippen LogP contribution in [0, 0.1) is 5.92 Å². The van der Waals surface area contributed by atoms with Gasteiger partial charge in [-0.2, -0.15) is 0 Å². The first-order valence-corrected chi connectivity index (χ1v) is 6.37. The van der Waals surface area contributed by atoms with Crippen LogP contribution in [0.4, 0.5) is 5.00 Å². The molecule has 16 heavy (non-hydrogen) atoms. The molecular weight excluding hydrogens is 222 g/mol. The number of methoxy groups -OCH3 is 1. The van der Waals surface area contributed by atoms with Crippen LogP contribution in [0.3, 0.4) is 0 Å². The third kappa shape index (κ3) is 1.61. The van der Waals surface area contributed by atoms with Crippen molar-refractivity contribution in [2.24, 2.45) is 5.92 Å². The lowest BCUT2D eigenvalue weighted by atomic mass is 9.79. The van der Waals surface area contributed by atoms with Gasteiger partial charge in [-0.05, 0) is 30.2 Å². The number of thiophene rings is 1. The minimum Gasteiger partial charge on any atom is -0.465 e. The zero-order valence-corrected chi connectivity index (χ0v) is 10.7. The van der Waals surface area contributed by atoms with Gasteiger partial charge in [0.15, 0.2) is 0 Å². The van der Waals surface area contributed by atoms with Crippen LogP contribution in [0.15, 0.2) is 0 Å². The molecule has 0 bridgehead atoms. The third-order valence-electron chi connectivity index (χ3n) is 3.57. The molecule has 0 aromatic carbocycles. The fraction of sp³-hybridized carbons (Fsp3) is 0.583. The van der Waals surface area contributed by atoms with E-state index in [9.17, 15) is 4.79 Å². The molecule has 2 atom stereocenters. The molecule has 0 saturated heterocycles. The first-order chi connectivity index (χ1) is 7.56. The van der Waals surface area contributed by atoms with Crippen LogP contribution in [0.5, 0.6) is 0 Å². The summed E-state index contributed by atoms with van der Waals surface area (Å²) in [6, 6.07) is 0. The molecule has 0 amide bonds. The number of ether oxygens (including phenoxy) is 1. The molecule has 0 unspecified atom stereocenters. The number of carbonyl (C=O) groups excluding carboxylic acids is 1. The van der Waals surface area contributed by atoms with Gasteiger partial charge in [0.25, 0.3) is 0 Å². The summed E-state index contributed by atoms with van der Waals surface area (Å²) in [6.45, 7) is 4.39. The van der Waals surface area contributed by atoms with Gasteiger partial charge in [-0.15, -0.1) is 11.3 Å². The van der Waals surface area contributed by atoms with Crippen LogP contribution in [-0.2, 0) is 11.2 Å². The third-order valence-corrected chi connectivity index (χ3v) is 4.67. The highest BCUT2D eigenvalue weighted by atomic mass is 32.1. The van der Waals surface area contributed by atoms with Crippen molar-refractivity contribution >= 4 is 22.3 Å². The van der Waals surface area contributed by atoms with Crippen LogP contribution in [0.2, 0.25) is 0 Å². The van der Waals surface area contributed by atoms with Gasteiger partial charge >= 0.3 is 5.97 Å². The van der Waals surface area contributed by atoms with Crippen molar-refractivity contribution in [1.29, 1.82) is 0 Å². The molecule has 1 aliphatic rings. The maximum atomic E-state index is 11.7. The predicted molar refractivity (Wildman–Crippen MR) is 66.0 cm³/mol. The zero-order chi connectivity index (χ0) is 11.9.